The molecule has 9 nitrogen and oxygen atoms in total. The molecule has 0 heterocycles. The molecule has 0 aliphatic carbocycles. The van der Waals surface area contributed by atoms with Gasteiger partial charge in [0.2, 0.25) is 17.7 Å². The highest BCUT2D eigenvalue weighted by Gasteiger charge is 2.06. The highest BCUT2D eigenvalue weighted by atomic mass is 16.5. The third-order valence-corrected chi connectivity index (χ3v) is 4.33. The van der Waals surface area contributed by atoms with Crippen LogP contribution in [-0.4, -0.2) is 48.5 Å². The van der Waals surface area contributed by atoms with Crippen LogP contribution in [0.3, 0.4) is 0 Å². The molecule has 1 aromatic carbocycles. The van der Waals surface area contributed by atoms with Crippen LogP contribution in [0.1, 0.15) is 57.4 Å². The van der Waals surface area contributed by atoms with Crippen molar-refractivity contribution in [3.05, 3.63) is 29.8 Å². The second kappa shape index (κ2) is 15.7. The van der Waals surface area contributed by atoms with E-state index >= 15 is 0 Å². The van der Waals surface area contributed by atoms with Crippen LogP contribution < -0.4 is 20.7 Å². The van der Waals surface area contributed by atoms with Gasteiger partial charge in [0.05, 0.1) is 0 Å². The van der Waals surface area contributed by atoms with Crippen LogP contribution in [0, 0.1) is 0 Å². The molecule has 4 N–H and O–H groups in total. The van der Waals surface area contributed by atoms with E-state index < -0.39 is 12.6 Å². The maximum absolute atomic E-state index is 11.9. The lowest BCUT2D eigenvalue weighted by molar-refractivity contribution is -0.139. The van der Waals surface area contributed by atoms with E-state index in [4.69, 9.17) is 9.84 Å². The zero-order chi connectivity index (χ0) is 22.9. The highest BCUT2D eigenvalue weighted by Crippen LogP contribution is 2.13. The largest absolute Gasteiger partial charge is 0.482 e. The van der Waals surface area contributed by atoms with Gasteiger partial charge in [0, 0.05) is 38.9 Å². The molecule has 1 rings (SSSR count). The SMILES string of the molecule is CCCCC(=O)NCCNC(=O)CCCCC(=O)NCc1cccc(OCC(=O)O)c1. The fraction of sp³-hybridized carbons (Fsp3) is 0.545. The Morgan fingerprint density at radius 1 is 0.871 bits per heavy atom. The number of aliphatic carboxylic acids is 1. The lowest BCUT2D eigenvalue weighted by atomic mass is 10.1. The molecule has 1 aromatic rings. The summed E-state index contributed by atoms with van der Waals surface area (Å²) in [6, 6.07) is 6.87. The summed E-state index contributed by atoms with van der Waals surface area (Å²) in [7, 11) is 0. The van der Waals surface area contributed by atoms with Gasteiger partial charge < -0.3 is 25.8 Å². The van der Waals surface area contributed by atoms with E-state index in [1.807, 2.05) is 13.0 Å². The molecule has 0 radical (unpaired) electrons. The molecule has 0 spiro atoms. The Bertz CT molecular complexity index is 723. The fourth-order valence-corrected chi connectivity index (χ4v) is 2.67. The van der Waals surface area contributed by atoms with Gasteiger partial charge in [-0.25, -0.2) is 4.79 Å². The third-order valence-electron chi connectivity index (χ3n) is 4.33. The molecule has 0 fully saturated rings. The summed E-state index contributed by atoms with van der Waals surface area (Å²) in [5, 5.41) is 16.9. The van der Waals surface area contributed by atoms with Gasteiger partial charge in [-0.1, -0.05) is 25.5 Å². The van der Waals surface area contributed by atoms with Gasteiger partial charge in [-0.15, -0.1) is 0 Å². The van der Waals surface area contributed by atoms with Gasteiger partial charge >= 0.3 is 5.97 Å². The monoisotopic (exact) mass is 435 g/mol. The Labute approximate surface area is 182 Å². The number of carbonyl (C=O) groups is 4. The third kappa shape index (κ3) is 13.7. The average molecular weight is 436 g/mol. The molecular weight excluding hydrogens is 402 g/mol. The van der Waals surface area contributed by atoms with Gasteiger partial charge in [0.25, 0.3) is 0 Å². The molecule has 0 aliphatic heterocycles. The topological polar surface area (TPSA) is 134 Å². The minimum Gasteiger partial charge on any atom is -0.482 e. The van der Waals surface area contributed by atoms with Crippen LogP contribution in [-0.2, 0) is 25.7 Å². The summed E-state index contributed by atoms with van der Waals surface area (Å²) in [4.78, 5) is 45.7. The lowest BCUT2D eigenvalue weighted by Crippen LogP contribution is -2.34. The van der Waals surface area contributed by atoms with Crippen molar-refractivity contribution in [2.75, 3.05) is 19.7 Å². The second-order valence-corrected chi connectivity index (χ2v) is 7.12. The maximum Gasteiger partial charge on any atom is 0.341 e. The van der Waals surface area contributed by atoms with E-state index in [9.17, 15) is 19.2 Å². The van der Waals surface area contributed by atoms with Gasteiger partial charge in [-0.3, -0.25) is 14.4 Å². The summed E-state index contributed by atoms with van der Waals surface area (Å²) in [6.45, 7) is 2.73. The summed E-state index contributed by atoms with van der Waals surface area (Å²) >= 11 is 0. The quantitative estimate of drug-likeness (QED) is 0.292. The normalized spacial score (nSPS) is 10.2. The van der Waals surface area contributed by atoms with Crippen LogP contribution in [0.4, 0.5) is 0 Å². The number of nitrogens with one attached hydrogen (secondary N) is 3. The zero-order valence-electron chi connectivity index (χ0n) is 18.1. The lowest BCUT2D eigenvalue weighted by Gasteiger charge is -2.08. The van der Waals surface area contributed by atoms with Gasteiger partial charge in [-0.05, 0) is 37.0 Å². The molecule has 0 bridgehead atoms. The van der Waals surface area contributed by atoms with Crippen molar-refractivity contribution in [1.29, 1.82) is 0 Å². The minimum absolute atomic E-state index is 0.00150. The number of benzene rings is 1. The zero-order valence-corrected chi connectivity index (χ0v) is 18.1. The first-order valence-electron chi connectivity index (χ1n) is 10.6. The first-order chi connectivity index (χ1) is 14.9. The van der Waals surface area contributed by atoms with E-state index in [1.54, 1.807) is 18.2 Å². The summed E-state index contributed by atoms with van der Waals surface area (Å²) in [6.07, 6.45) is 4.18. The molecule has 3 amide bonds. The van der Waals surface area contributed by atoms with Crippen LogP contribution in [0.5, 0.6) is 5.75 Å². The summed E-state index contributed by atoms with van der Waals surface area (Å²) in [5.41, 5.74) is 0.803. The van der Waals surface area contributed by atoms with Crippen molar-refractivity contribution < 1.29 is 29.0 Å². The Morgan fingerprint density at radius 2 is 1.45 bits per heavy atom. The highest BCUT2D eigenvalue weighted by molar-refractivity contribution is 5.77. The molecule has 172 valence electrons. The number of rotatable bonds is 16. The van der Waals surface area contributed by atoms with E-state index in [0.29, 0.717) is 57.5 Å². The number of ether oxygens (including phenoxy) is 1. The summed E-state index contributed by atoms with van der Waals surface area (Å²) in [5.74, 6) is -0.836. The number of amides is 3. The Morgan fingerprint density at radius 3 is 2.03 bits per heavy atom. The number of carboxylic acids is 1. The van der Waals surface area contributed by atoms with Crippen LogP contribution >= 0.6 is 0 Å². The number of carboxylic acid groups (broad SMARTS) is 1. The average Bonchev–Trinajstić information content (AvgIpc) is 2.75. The van der Waals surface area contributed by atoms with Gasteiger partial charge in [0.1, 0.15) is 5.75 Å². The molecule has 0 saturated heterocycles. The van der Waals surface area contributed by atoms with Gasteiger partial charge in [-0.2, -0.15) is 0 Å². The van der Waals surface area contributed by atoms with E-state index in [1.165, 1.54) is 0 Å². The van der Waals surface area contributed by atoms with E-state index in [0.717, 1.165) is 18.4 Å². The van der Waals surface area contributed by atoms with Crippen molar-refractivity contribution in [3.8, 4) is 5.75 Å². The fourth-order valence-electron chi connectivity index (χ4n) is 2.67. The molecule has 0 atom stereocenters. The van der Waals surface area contributed by atoms with Crippen molar-refractivity contribution >= 4 is 23.7 Å². The first kappa shape index (κ1) is 25.9. The Kier molecular flexibility index (Phi) is 13.1. The molecular formula is C22H33N3O6. The second-order valence-electron chi connectivity index (χ2n) is 7.12. The number of hydrogen-bond donors (Lipinski definition) is 4. The standard InChI is InChI=1S/C22H33N3O6/c1-2-3-9-19(26)23-12-13-24-20(27)10-4-5-11-21(28)25-15-17-7-6-8-18(14-17)31-16-22(29)30/h6-8,14H,2-5,9-13,15-16H2,1H3,(H,23,26)(H,24,27)(H,25,28)(H,29,30). The molecule has 0 aromatic heterocycles. The molecule has 0 unspecified atom stereocenters. The van der Waals surface area contributed by atoms with E-state index in [-0.39, 0.29) is 17.7 Å². The maximum atomic E-state index is 11.9. The van der Waals surface area contributed by atoms with Crippen molar-refractivity contribution in [2.24, 2.45) is 0 Å². The first-order valence-corrected chi connectivity index (χ1v) is 10.6. The number of hydrogen-bond acceptors (Lipinski definition) is 5. The van der Waals surface area contributed by atoms with E-state index in [2.05, 4.69) is 16.0 Å². The molecule has 9 heteroatoms. The van der Waals surface area contributed by atoms with Crippen molar-refractivity contribution in [3.63, 3.8) is 0 Å². The summed E-state index contributed by atoms with van der Waals surface area (Å²) < 4.78 is 5.11. The smallest absolute Gasteiger partial charge is 0.341 e. The molecule has 0 aliphatic rings. The molecule has 31 heavy (non-hydrogen) atoms. The number of unbranched alkanes of at least 4 members (excludes halogenated alkanes) is 2. The Hall–Kier alpha value is -3.10. The number of carbonyl (C=O) groups excluding carboxylic acids is 3. The van der Waals surface area contributed by atoms with Crippen LogP contribution in [0.2, 0.25) is 0 Å². The van der Waals surface area contributed by atoms with Crippen LogP contribution in [0.25, 0.3) is 0 Å². The van der Waals surface area contributed by atoms with Gasteiger partial charge in [0.15, 0.2) is 6.61 Å². The predicted octanol–water partition coefficient (Wildman–Crippen LogP) is 1.75. The Balaban J connectivity index is 2.10. The van der Waals surface area contributed by atoms with Crippen LogP contribution in [0.15, 0.2) is 24.3 Å². The van der Waals surface area contributed by atoms with Crippen molar-refractivity contribution in [1.82, 2.24) is 16.0 Å². The minimum atomic E-state index is -1.05. The molecule has 0 saturated carbocycles. The predicted molar refractivity (Wildman–Crippen MR) is 115 cm³/mol. The van der Waals surface area contributed by atoms with Crippen molar-refractivity contribution in [2.45, 2.75) is 58.4 Å².